The van der Waals surface area contributed by atoms with E-state index in [4.69, 9.17) is 0 Å². The molecule has 0 radical (unpaired) electrons. The fraction of sp³-hybridized carbons (Fsp3) is 1.00. The van der Waals surface area contributed by atoms with Crippen LogP contribution in [0, 0.1) is 0 Å². The minimum absolute atomic E-state index is 0.298. The van der Waals surface area contributed by atoms with E-state index in [2.05, 4.69) is 31.4 Å². The molecule has 1 atom stereocenters. The number of rotatable bonds is 0. The summed E-state index contributed by atoms with van der Waals surface area (Å²) in [6.07, 6.45) is 0. The van der Waals surface area contributed by atoms with E-state index in [0.717, 1.165) is 13.1 Å². The third-order valence-electron chi connectivity index (χ3n) is 1.78. The first-order valence-corrected chi connectivity index (χ1v) is 3.58. The lowest BCUT2D eigenvalue weighted by Gasteiger charge is -2.35. The predicted molar refractivity (Wildman–Crippen MR) is 39.5 cm³/mol. The highest BCUT2D eigenvalue weighted by molar-refractivity contribution is 4.87. The standard InChI is InChI=1S/C7H16N2/c1-6-4-9-7(2,3)5-8-6/h6,8-9H,4-5H2,1-3H3/t6-/m0/s1. The molecule has 1 rings (SSSR count). The smallest absolute Gasteiger partial charge is 0.0250 e. The van der Waals surface area contributed by atoms with E-state index in [0.29, 0.717) is 11.6 Å². The van der Waals surface area contributed by atoms with Crippen molar-refractivity contribution in [3.05, 3.63) is 0 Å². The molecule has 0 saturated carbocycles. The van der Waals surface area contributed by atoms with Crippen molar-refractivity contribution in [1.82, 2.24) is 10.6 Å². The molecule has 1 saturated heterocycles. The Bertz CT molecular complexity index is 89.1. The highest BCUT2D eigenvalue weighted by Gasteiger charge is 2.22. The van der Waals surface area contributed by atoms with Crippen molar-refractivity contribution in [2.75, 3.05) is 13.1 Å². The molecule has 0 spiro atoms. The molecule has 1 aliphatic heterocycles. The fourth-order valence-corrected chi connectivity index (χ4v) is 0.993. The van der Waals surface area contributed by atoms with Gasteiger partial charge in [0.15, 0.2) is 0 Å². The highest BCUT2D eigenvalue weighted by atomic mass is 15.1. The fourth-order valence-electron chi connectivity index (χ4n) is 0.993. The summed E-state index contributed by atoms with van der Waals surface area (Å²) < 4.78 is 0. The minimum atomic E-state index is 0.298. The van der Waals surface area contributed by atoms with E-state index in [9.17, 15) is 0 Å². The lowest BCUT2D eigenvalue weighted by molar-refractivity contribution is 0.282. The van der Waals surface area contributed by atoms with E-state index < -0.39 is 0 Å². The third kappa shape index (κ3) is 1.95. The molecule has 1 aliphatic rings. The van der Waals surface area contributed by atoms with Crippen LogP contribution < -0.4 is 10.6 Å². The van der Waals surface area contributed by atoms with Gasteiger partial charge in [0.25, 0.3) is 0 Å². The molecule has 0 aromatic carbocycles. The van der Waals surface area contributed by atoms with Crippen molar-refractivity contribution >= 4 is 0 Å². The van der Waals surface area contributed by atoms with Crippen molar-refractivity contribution in [2.24, 2.45) is 0 Å². The van der Waals surface area contributed by atoms with Crippen LogP contribution in [0.25, 0.3) is 0 Å². The van der Waals surface area contributed by atoms with Gasteiger partial charge in [-0.1, -0.05) is 0 Å². The number of nitrogens with one attached hydrogen (secondary N) is 2. The molecule has 1 heterocycles. The van der Waals surface area contributed by atoms with Gasteiger partial charge in [-0.15, -0.1) is 0 Å². The Morgan fingerprint density at radius 3 is 2.44 bits per heavy atom. The second-order valence-electron chi connectivity index (χ2n) is 3.55. The van der Waals surface area contributed by atoms with Gasteiger partial charge < -0.3 is 10.6 Å². The van der Waals surface area contributed by atoms with Gasteiger partial charge in [-0.25, -0.2) is 0 Å². The molecule has 2 heteroatoms. The summed E-state index contributed by atoms with van der Waals surface area (Å²) in [5.74, 6) is 0. The van der Waals surface area contributed by atoms with Gasteiger partial charge in [-0.2, -0.15) is 0 Å². The van der Waals surface area contributed by atoms with E-state index in [1.165, 1.54) is 0 Å². The Kier molecular flexibility index (Phi) is 1.78. The highest BCUT2D eigenvalue weighted by Crippen LogP contribution is 2.04. The third-order valence-corrected chi connectivity index (χ3v) is 1.78. The van der Waals surface area contributed by atoms with Crippen LogP contribution in [0.1, 0.15) is 20.8 Å². The summed E-state index contributed by atoms with van der Waals surface area (Å²) in [6, 6.07) is 0.637. The van der Waals surface area contributed by atoms with Crippen LogP contribution >= 0.6 is 0 Å². The summed E-state index contributed by atoms with van der Waals surface area (Å²) >= 11 is 0. The van der Waals surface area contributed by atoms with E-state index in [1.54, 1.807) is 0 Å². The zero-order valence-corrected chi connectivity index (χ0v) is 6.49. The van der Waals surface area contributed by atoms with Gasteiger partial charge in [-0.05, 0) is 20.8 Å². The minimum Gasteiger partial charge on any atom is -0.311 e. The Morgan fingerprint density at radius 1 is 1.44 bits per heavy atom. The zero-order chi connectivity index (χ0) is 6.91. The monoisotopic (exact) mass is 128 g/mol. The largest absolute Gasteiger partial charge is 0.311 e. The Labute approximate surface area is 57.0 Å². The van der Waals surface area contributed by atoms with Crippen LogP contribution in [0.3, 0.4) is 0 Å². The SMILES string of the molecule is C[C@H]1CNC(C)(C)CN1. The molecular formula is C7H16N2. The van der Waals surface area contributed by atoms with Crippen LogP contribution in [0.4, 0.5) is 0 Å². The quantitative estimate of drug-likeness (QED) is 0.492. The number of piperazine rings is 1. The van der Waals surface area contributed by atoms with Gasteiger partial charge in [0.2, 0.25) is 0 Å². The van der Waals surface area contributed by atoms with Crippen molar-refractivity contribution in [3.63, 3.8) is 0 Å². The summed E-state index contributed by atoms with van der Waals surface area (Å²) in [6.45, 7) is 8.79. The second-order valence-corrected chi connectivity index (χ2v) is 3.55. The van der Waals surface area contributed by atoms with Gasteiger partial charge in [0.1, 0.15) is 0 Å². The van der Waals surface area contributed by atoms with Crippen molar-refractivity contribution in [2.45, 2.75) is 32.4 Å². The van der Waals surface area contributed by atoms with Crippen LogP contribution in [-0.2, 0) is 0 Å². The second kappa shape index (κ2) is 2.27. The van der Waals surface area contributed by atoms with Crippen LogP contribution in [0.2, 0.25) is 0 Å². The van der Waals surface area contributed by atoms with Gasteiger partial charge >= 0.3 is 0 Å². The van der Waals surface area contributed by atoms with E-state index >= 15 is 0 Å². The van der Waals surface area contributed by atoms with Gasteiger partial charge in [-0.3, -0.25) is 0 Å². The van der Waals surface area contributed by atoms with Crippen LogP contribution in [0.15, 0.2) is 0 Å². The van der Waals surface area contributed by atoms with Gasteiger partial charge in [0.05, 0.1) is 0 Å². The van der Waals surface area contributed by atoms with Gasteiger partial charge in [0, 0.05) is 24.7 Å². The Hall–Kier alpha value is -0.0800. The first kappa shape index (κ1) is 7.03. The molecule has 9 heavy (non-hydrogen) atoms. The first-order chi connectivity index (χ1) is 4.10. The molecule has 0 amide bonds. The molecule has 1 fully saturated rings. The Balaban J connectivity index is 2.35. The van der Waals surface area contributed by atoms with Crippen LogP contribution in [0.5, 0.6) is 0 Å². The molecule has 54 valence electrons. The van der Waals surface area contributed by atoms with E-state index in [1.807, 2.05) is 0 Å². The zero-order valence-electron chi connectivity index (χ0n) is 6.49. The summed E-state index contributed by atoms with van der Waals surface area (Å²) in [5, 5.41) is 6.86. The van der Waals surface area contributed by atoms with E-state index in [-0.39, 0.29) is 0 Å². The summed E-state index contributed by atoms with van der Waals surface area (Å²) in [7, 11) is 0. The maximum atomic E-state index is 3.45. The molecular weight excluding hydrogens is 112 g/mol. The topological polar surface area (TPSA) is 24.1 Å². The lowest BCUT2D eigenvalue weighted by Crippen LogP contribution is -2.58. The summed E-state index contributed by atoms with van der Waals surface area (Å²) in [5.41, 5.74) is 0.298. The molecule has 0 aliphatic carbocycles. The summed E-state index contributed by atoms with van der Waals surface area (Å²) in [4.78, 5) is 0. The van der Waals surface area contributed by atoms with Crippen molar-refractivity contribution < 1.29 is 0 Å². The molecule has 0 unspecified atom stereocenters. The molecule has 0 bridgehead atoms. The molecule has 0 aromatic heterocycles. The predicted octanol–water partition coefficient (Wildman–Crippen LogP) is 0.346. The molecule has 0 aromatic rings. The molecule has 2 nitrogen and oxygen atoms in total. The average molecular weight is 128 g/mol. The normalized spacial score (nSPS) is 34.3. The average Bonchev–Trinajstić information content (AvgIpc) is 1.78. The first-order valence-electron chi connectivity index (χ1n) is 3.58. The Morgan fingerprint density at radius 2 is 2.11 bits per heavy atom. The number of hydrogen-bond donors (Lipinski definition) is 2. The van der Waals surface area contributed by atoms with Crippen molar-refractivity contribution in [3.8, 4) is 0 Å². The number of hydrogen-bond acceptors (Lipinski definition) is 2. The maximum Gasteiger partial charge on any atom is 0.0250 e. The molecule has 2 N–H and O–H groups in total. The lowest BCUT2D eigenvalue weighted by atomic mass is 10.0. The maximum absolute atomic E-state index is 3.45. The van der Waals surface area contributed by atoms with Crippen LogP contribution in [-0.4, -0.2) is 24.7 Å². The van der Waals surface area contributed by atoms with Crippen molar-refractivity contribution in [1.29, 1.82) is 0 Å².